The third-order valence-electron chi connectivity index (χ3n) is 3.41. The fourth-order valence-electron chi connectivity index (χ4n) is 2.27. The first-order valence-electron chi connectivity index (χ1n) is 7.64. The minimum Gasteiger partial charge on any atom is -0.461 e. The average molecular weight is 393 g/mol. The smallest absolute Gasteiger partial charge is 0.361 e. The Morgan fingerprint density at radius 2 is 2.15 bits per heavy atom. The van der Waals surface area contributed by atoms with Crippen molar-refractivity contribution < 1.29 is 22.5 Å². The van der Waals surface area contributed by atoms with Crippen LogP contribution in [0.5, 0.6) is 0 Å². The number of hydrogen-bond acceptors (Lipinski definition) is 9. The number of rotatable bonds is 6. The number of aromatic nitrogens is 3. The predicted molar refractivity (Wildman–Crippen MR) is 93.4 cm³/mol. The van der Waals surface area contributed by atoms with Crippen molar-refractivity contribution in [1.29, 1.82) is 0 Å². The molecule has 0 saturated carbocycles. The number of carbonyl (C=O) groups is 1. The quantitative estimate of drug-likeness (QED) is 0.588. The molecule has 3 aromatic rings. The zero-order chi connectivity index (χ0) is 18.7. The molecule has 0 N–H and O–H groups in total. The summed E-state index contributed by atoms with van der Waals surface area (Å²) in [5.74, 6) is -0.499. The van der Waals surface area contributed by atoms with Gasteiger partial charge in [0.15, 0.2) is 5.03 Å². The third-order valence-corrected chi connectivity index (χ3v) is 5.97. The Morgan fingerprint density at radius 1 is 1.35 bits per heavy atom. The second-order valence-electron chi connectivity index (χ2n) is 5.24. The molecule has 0 aromatic carbocycles. The van der Waals surface area contributed by atoms with Crippen molar-refractivity contribution in [2.45, 2.75) is 24.6 Å². The number of carbonyl (C=O) groups excluding carboxylic acids is 1. The summed E-state index contributed by atoms with van der Waals surface area (Å²) >= 11 is 1.17. The van der Waals surface area contributed by atoms with Crippen LogP contribution in [0.1, 0.15) is 28.2 Å². The van der Waals surface area contributed by atoms with Crippen LogP contribution >= 0.6 is 11.3 Å². The number of pyridine rings is 1. The summed E-state index contributed by atoms with van der Waals surface area (Å²) in [7, 11) is -3.61. The van der Waals surface area contributed by atoms with Crippen LogP contribution in [0.3, 0.4) is 0 Å². The molecule has 8 nitrogen and oxygen atoms in total. The Hall–Kier alpha value is -2.59. The van der Waals surface area contributed by atoms with Gasteiger partial charge >= 0.3 is 5.97 Å². The van der Waals surface area contributed by atoms with Crippen molar-refractivity contribution in [3.05, 3.63) is 46.2 Å². The fourth-order valence-corrected chi connectivity index (χ4v) is 4.62. The first-order valence-corrected chi connectivity index (χ1v) is 10.2. The molecule has 3 heterocycles. The van der Waals surface area contributed by atoms with Crippen LogP contribution in [0.15, 0.2) is 39.3 Å². The van der Waals surface area contributed by atoms with Crippen LogP contribution in [-0.2, 0) is 20.3 Å². The molecule has 0 aliphatic carbocycles. The highest BCUT2D eigenvalue weighted by atomic mass is 32.2. The third kappa shape index (κ3) is 3.65. The van der Waals surface area contributed by atoms with Gasteiger partial charge in [-0.2, -0.15) is 0 Å². The van der Waals surface area contributed by atoms with E-state index in [4.69, 9.17) is 9.26 Å². The number of esters is 1. The van der Waals surface area contributed by atoms with E-state index in [1.165, 1.54) is 23.6 Å². The van der Waals surface area contributed by atoms with Crippen LogP contribution in [0.4, 0.5) is 0 Å². The highest BCUT2D eigenvalue weighted by Crippen LogP contribution is 2.30. The maximum atomic E-state index is 12.4. The Morgan fingerprint density at radius 3 is 2.85 bits per heavy atom. The van der Waals surface area contributed by atoms with Crippen LogP contribution in [0.2, 0.25) is 0 Å². The fraction of sp³-hybridized carbons (Fsp3) is 0.250. The molecular weight excluding hydrogens is 378 g/mol. The first kappa shape index (κ1) is 18.2. The average Bonchev–Trinajstić information content (AvgIpc) is 3.21. The van der Waals surface area contributed by atoms with E-state index in [2.05, 4.69) is 15.1 Å². The summed E-state index contributed by atoms with van der Waals surface area (Å²) in [5, 5.41) is 5.75. The van der Waals surface area contributed by atoms with Crippen molar-refractivity contribution in [2.75, 3.05) is 6.61 Å². The van der Waals surface area contributed by atoms with Gasteiger partial charge in [-0.1, -0.05) is 11.2 Å². The van der Waals surface area contributed by atoms with Gasteiger partial charge in [-0.3, -0.25) is 0 Å². The number of aryl methyl sites for hydroxylation is 1. The summed E-state index contributed by atoms with van der Waals surface area (Å²) in [6.45, 7) is 3.54. The van der Waals surface area contributed by atoms with Crippen LogP contribution in [0, 0.1) is 6.92 Å². The minimum atomic E-state index is -3.61. The predicted octanol–water partition coefficient (Wildman–Crippen LogP) is 2.65. The van der Waals surface area contributed by atoms with E-state index in [0.29, 0.717) is 22.0 Å². The first-order chi connectivity index (χ1) is 12.4. The van der Waals surface area contributed by atoms with Crippen LogP contribution in [-0.4, -0.2) is 36.1 Å². The van der Waals surface area contributed by atoms with Crippen molar-refractivity contribution in [2.24, 2.45) is 0 Å². The Balaban J connectivity index is 1.90. The lowest BCUT2D eigenvalue weighted by Gasteiger charge is -2.01. The standard InChI is InChI=1S/C16H15N3O5S2/c1-3-23-16(20)15-14(10(2)24-19-15)11-8-25-12(18-11)9-26(21,22)13-6-4-5-7-17-13/h4-8H,3,9H2,1-2H3. The molecule has 0 unspecified atom stereocenters. The van der Waals surface area contributed by atoms with E-state index in [1.807, 2.05) is 0 Å². The molecule has 3 rings (SSSR count). The number of ether oxygens (including phenoxy) is 1. The van der Waals surface area contributed by atoms with Crippen molar-refractivity contribution in [1.82, 2.24) is 15.1 Å². The Bertz CT molecular complexity index is 1030. The molecule has 0 fully saturated rings. The maximum Gasteiger partial charge on any atom is 0.361 e. The van der Waals surface area contributed by atoms with E-state index in [1.54, 1.807) is 31.4 Å². The molecule has 0 saturated heterocycles. The van der Waals surface area contributed by atoms with Gasteiger partial charge in [0, 0.05) is 11.6 Å². The lowest BCUT2D eigenvalue weighted by molar-refractivity contribution is 0.0515. The van der Waals surface area contributed by atoms with Crippen molar-refractivity contribution in [3.8, 4) is 11.3 Å². The number of hydrogen-bond donors (Lipinski definition) is 0. The highest BCUT2D eigenvalue weighted by molar-refractivity contribution is 7.90. The number of sulfone groups is 1. The molecule has 0 spiro atoms. The topological polar surface area (TPSA) is 112 Å². The second-order valence-corrected chi connectivity index (χ2v) is 8.12. The normalized spacial score (nSPS) is 11.5. The molecule has 26 heavy (non-hydrogen) atoms. The van der Waals surface area contributed by atoms with Crippen molar-refractivity contribution >= 4 is 27.1 Å². The zero-order valence-corrected chi connectivity index (χ0v) is 15.6. The molecular formula is C16H15N3O5S2. The van der Waals surface area contributed by atoms with Gasteiger partial charge in [-0.15, -0.1) is 11.3 Å². The largest absolute Gasteiger partial charge is 0.461 e. The SMILES string of the molecule is CCOC(=O)c1noc(C)c1-c1csc(CS(=O)(=O)c2ccccn2)n1. The summed E-state index contributed by atoms with van der Waals surface area (Å²) < 4.78 is 34.9. The highest BCUT2D eigenvalue weighted by Gasteiger charge is 2.25. The van der Waals surface area contributed by atoms with Gasteiger partial charge in [0.25, 0.3) is 0 Å². The van der Waals surface area contributed by atoms with Gasteiger partial charge in [0.05, 0.1) is 17.9 Å². The van der Waals surface area contributed by atoms with Gasteiger partial charge in [-0.25, -0.2) is 23.2 Å². The van der Waals surface area contributed by atoms with E-state index < -0.39 is 15.8 Å². The molecule has 3 aromatic heterocycles. The molecule has 0 amide bonds. The molecule has 0 radical (unpaired) electrons. The Kier molecular flexibility index (Phi) is 5.14. The number of thiazole rings is 1. The van der Waals surface area contributed by atoms with Gasteiger partial charge in [0.2, 0.25) is 15.5 Å². The molecule has 10 heteroatoms. The summed E-state index contributed by atoms with van der Waals surface area (Å²) in [5.41, 5.74) is 0.845. The molecule has 0 aliphatic rings. The van der Waals surface area contributed by atoms with Crippen molar-refractivity contribution in [3.63, 3.8) is 0 Å². The molecule has 0 atom stereocenters. The lowest BCUT2D eigenvalue weighted by Crippen LogP contribution is -2.07. The van der Waals surface area contributed by atoms with Crippen LogP contribution in [0.25, 0.3) is 11.3 Å². The van der Waals surface area contributed by atoms with Crippen LogP contribution < -0.4 is 0 Å². The zero-order valence-electron chi connectivity index (χ0n) is 14.0. The molecule has 0 bridgehead atoms. The minimum absolute atomic E-state index is 0.00915. The van der Waals surface area contributed by atoms with Gasteiger partial charge in [-0.05, 0) is 26.0 Å². The summed E-state index contributed by atoms with van der Waals surface area (Å²) in [6.07, 6.45) is 1.42. The van der Waals surface area contributed by atoms with E-state index in [9.17, 15) is 13.2 Å². The lowest BCUT2D eigenvalue weighted by atomic mass is 10.1. The second kappa shape index (κ2) is 7.34. The van der Waals surface area contributed by atoms with E-state index >= 15 is 0 Å². The number of nitrogens with zero attached hydrogens (tertiary/aromatic N) is 3. The summed E-state index contributed by atoms with van der Waals surface area (Å²) in [6, 6.07) is 4.69. The Labute approximate surface area is 153 Å². The van der Waals surface area contributed by atoms with E-state index in [0.717, 1.165) is 0 Å². The van der Waals surface area contributed by atoms with Gasteiger partial charge in [0.1, 0.15) is 16.5 Å². The molecule has 0 aliphatic heterocycles. The maximum absolute atomic E-state index is 12.4. The van der Waals surface area contributed by atoms with E-state index in [-0.39, 0.29) is 23.1 Å². The summed E-state index contributed by atoms with van der Waals surface area (Å²) in [4.78, 5) is 20.2. The van der Waals surface area contributed by atoms with Gasteiger partial charge < -0.3 is 9.26 Å². The monoisotopic (exact) mass is 393 g/mol. The molecule has 136 valence electrons.